The third-order valence-corrected chi connectivity index (χ3v) is 3.79. The third kappa shape index (κ3) is 2.04. The van der Waals surface area contributed by atoms with Crippen LogP contribution in [0.1, 0.15) is 38.5 Å². The quantitative estimate of drug-likeness (QED) is 0.757. The summed E-state index contributed by atoms with van der Waals surface area (Å²) >= 11 is 0. The van der Waals surface area contributed by atoms with Gasteiger partial charge in [-0.1, -0.05) is 0 Å². The lowest BCUT2D eigenvalue weighted by molar-refractivity contribution is 0.119. The van der Waals surface area contributed by atoms with E-state index in [4.69, 9.17) is 5.73 Å². The Bertz CT molecular complexity index is 183. The first-order valence-corrected chi connectivity index (χ1v) is 5.37. The molecule has 2 N–H and O–H groups in total. The van der Waals surface area contributed by atoms with Crippen molar-refractivity contribution in [2.24, 2.45) is 5.73 Å². The molecule has 3 fully saturated rings. The van der Waals surface area contributed by atoms with Crippen LogP contribution in [0.25, 0.3) is 0 Å². The van der Waals surface area contributed by atoms with Crippen LogP contribution in [-0.4, -0.2) is 29.1 Å². The lowest BCUT2D eigenvalue weighted by Gasteiger charge is -2.37. The molecule has 2 bridgehead atoms. The number of rotatable bonds is 1. The minimum atomic E-state index is 0. The van der Waals surface area contributed by atoms with Crippen molar-refractivity contribution < 1.29 is 0 Å². The van der Waals surface area contributed by atoms with Crippen molar-refractivity contribution in [1.29, 1.82) is 0 Å². The highest BCUT2D eigenvalue weighted by Crippen LogP contribution is 2.42. The molecular formula is C10H20Cl2N2. The van der Waals surface area contributed by atoms with Gasteiger partial charge in [0.05, 0.1) is 0 Å². The number of hydrogen-bond donors (Lipinski definition) is 1. The van der Waals surface area contributed by atoms with E-state index in [-0.39, 0.29) is 24.8 Å². The number of piperidine rings is 1. The maximum Gasteiger partial charge on any atom is 0.0116 e. The maximum absolute atomic E-state index is 6.01. The number of hydrogen-bond acceptors (Lipinski definition) is 2. The summed E-state index contributed by atoms with van der Waals surface area (Å²) in [6, 6.07) is 3.21. The number of nitrogens with zero attached hydrogens (tertiary/aromatic N) is 1. The van der Waals surface area contributed by atoms with Crippen molar-refractivity contribution in [2.75, 3.05) is 0 Å². The first-order valence-electron chi connectivity index (χ1n) is 5.37. The van der Waals surface area contributed by atoms with Crippen LogP contribution in [0, 0.1) is 0 Å². The van der Waals surface area contributed by atoms with Gasteiger partial charge >= 0.3 is 0 Å². The van der Waals surface area contributed by atoms with Crippen LogP contribution in [0.3, 0.4) is 0 Å². The monoisotopic (exact) mass is 238 g/mol. The van der Waals surface area contributed by atoms with Crippen molar-refractivity contribution in [3.05, 3.63) is 0 Å². The summed E-state index contributed by atoms with van der Waals surface area (Å²) < 4.78 is 0. The largest absolute Gasteiger partial charge is 0.328 e. The summed E-state index contributed by atoms with van der Waals surface area (Å²) in [4.78, 5) is 2.80. The van der Waals surface area contributed by atoms with Gasteiger partial charge in [-0.15, -0.1) is 24.8 Å². The van der Waals surface area contributed by atoms with Crippen LogP contribution in [0.15, 0.2) is 0 Å². The lowest BCUT2D eigenvalue weighted by atomic mass is 9.98. The molecule has 3 aliphatic rings. The molecule has 2 heterocycles. The lowest BCUT2D eigenvalue weighted by Crippen LogP contribution is -2.48. The molecule has 1 saturated carbocycles. The SMILES string of the molecule is Cl.Cl.N[C@@H]1C[C@H]2CC[C@@H](C1)N2C1CC1. The fraction of sp³-hybridized carbons (Fsp3) is 1.00. The molecular weight excluding hydrogens is 219 g/mol. The molecule has 0 radical (unpaired) electrons. The number of halogens is 2. The molecule has 0 aromatic heterocycles. The van der Waals surface area contributed by atoms with Gasteiger partial charge in [-0.2, -0.15) is 0 Å². The highest BCUT2D eigenvalue weighted by molar-refractivity contribution is 5.85. The number of nitrogens with two attached hydrogens (primary N) is 1. The highest BCUT2D eigenvalue weighted by atomic mass is 35.5. The van der Waals surface area contributed by atoms with Crippen molar-refractivity contribution in [3.63, 3.8) is 0 Å². The standard InChI is InChI=1S/C10H18N2.2ClH/c11-7-5-9-3-4-10(6-7)12(9)8-1-2-8;;/h7-10H,1-6,11H2;2*1H/t7-,9-,10+;;. The molecule has 84 valence electrons. The van der Waals surface area contributed by atoms with E-state index < -0.39 is 0 Å². The first-order chi connectivity index (χ1) is 5.84. The van der Waals surface area contributed by atoms with Gasteiger partial charge in [-0.3, -0.25) is 4.90 Å². The Morgan fingerprint density at radius 2 is 1.21 bits per heavy atom. The van der Waals surface area contributed by atoms with Gasteiger partial charge in [-0.25, -0.2) is 0 Å². The smallest absolute Gasteiger partial charge is 0.0116 e. The second-order valence-electron chi connectivity index (χ2n) is 4.79. The predicted molar refractivity (Wildman–Crippen MR) is 63.4 cm³/mol. The minimum absolute atomic E-state index is 0. The molecule has 0 aromatic rings. The Hall–Kier alpha value is 0.500. The van der Waals surface area contributed by atoms with Gasteiger partial charge in [0.25, 0.3) is 0 Å². The van der Waals surface area contributed by atoms with E-state index in [1.807, 2.05) is 0 Å². The summed E-state index contributed by atoms with van der Waals surface area (Å²) in [6.45, 7) is 0. The highest BCUT2D eigenvalue weighted by Gasteiger charge is 2.45. The zero-order valence-electron chi connectivity index (χ0n) is 8.39. The van der Waals surface area contributed by atoms with Gasteiger partial charge in [0, 0.05) is 24.2 Å². The van der Waals surface area contributed by atoms with Crippen LogP contribution in [0.4, 0.5) is 0 Å². The summed E-state index contributed by atoms with van der Waals surface area (Å²) in [5.41, 5.74) is 6.01. The normalized spacial score (nSPS) is 41.4. The summed E-state index contributed by atoms with van der Waals surface area (Å²) in [7, 11) is 0. The Balaban J connectivity index is 0.000000490. The molecule has 2 nitrogen and oxygen atoms in total. The van der Waals surface area contributed by atoms with Crippen LogP contribution in [0.5, 0.6) is 0 Å². The molecule has 3 rings (SSSR count). The van der Waals surface area contributed by atoms with E-state index in [9.17, 15) is 0 Å². The van der Waals surface area contributed by atoms with E-state index in [0.717, 1.165) is 18.1 Å². The van der Waals surface area contributed by atoms with E-state index in [0.29, 0.717) is 6.04 Å². The first kappa shape index (κ1) is 12.6. The summed E-state index contributed by atoms with van der Waals surface area (Å²) in [6.07, 6.45) is 8.31. The van der Waals surface area contributed by atoms with Crippen molar-refractivity contribution in [1.82, 2.24) is 4.90 Å². The molecule has 4 heteroatoms. The van der Waals surface area contributed by atoms with Crippen molar-refractivity contribution in [3.8, 4) is 0 Å². The van der Waals surface area contributed by atoms with Gasteiger partial charge in [-0.05, 0) is 38.5 Å². The van der Waals surface area contributed by atoms with Gasteiger partial charge in [0.2, 0.25) is 0 Å². The summed E-state index contributed by atoms with van der Waals surface area (Å²) in [5.74, 6) is 0. The van der Waals surface area contributed by atoms with Crippen molar-refractivity contribution >= 4 is 24.8 Å². The molecule has 2 aliphatic heterocycles. The van der Waals surface area contributed by atoms with Crippen molar-refractivity contribution in [2.45, 2.75) is 62.7 Å². The van der Waals surface area contributed by atoms with Crippen LogP contribution in [0.2, 0.25) is 0 Å². The van der Waals surface area contributed by atoms with Gasteiger partial charge in [0.1, 0.15) is 0 Å². The van der Waals surface area contributed by atoms with Gasteiger partial charge in [0.15, 0.2) is 0 Å². The van der Waals surface area contributed by atoms with E-state index in [2.05, 4.69) is 4.90 Å². The van der Waals surface area contributed by atoms with E-state index in [1.165, 1.54) is 38.5 Å². The van der Waals surface area contributed by atoms with Crippen LogP contribution < -0.4 is 5.73 Å². The molecule has 0 aromatic carbocycles. The Morgan fingerprint density at radius 1 is 0.786 bits per heavy atom. The molecule has 0 amide bonds. The second kappa shape index (κ2) is 4.56. The second-order valence-corrected chi connectivity index (χ2v) is 4.79. The fourth-order valence-corrected chi connectivity index (χ4v) is 3.22. The zero-order valence-corrected chi connectivity index (χ0v) is 10.0. The fourth-order valence-electron chi connectivity index (χ4n) is 3.22. The van der Waals surface area contributed by atoms with E-state index >= 15 is 0 Å². The third-order valence-electron chi connectivity index (χ3n) is 3.79. The summed E-state index contributed by atoms with van der Waals surface area (Å²) in [5, 5.41) is 0. The Kier molecular flexibility index (Phi) is 4.10. The number of fused-ring (bicyclic) bond motifs is 2. The Morgan fingerprint density at radius 3 is 1.64 bits per heavy atom. The van der Waals surface area contributed by atoms with Gasteiger partial charge < -0.3 is 5.73 Å². The topological polar surface area (TPSA) is 29.3 Å². The molecule has 3 atom stereocenters. The molecule has 1 aliphatic carbocycles. The molecule has 0 spiro atoms. The molecule has 14 heavy (non-hydrogen) atoms. The predicted octanol–water partition coefficient (Wildman–Crippen LogP) is 1.95. The minimum Gasteiger partial charge on any atom is -0.328 e. The molecule has 2 saturated heterocycles. The van der Waals surface area contributed by atoms with E-state index in [1.54, 1.807) is 0 Å². The molecule has 0 unspecified atom stereocenters. The average Bonchev–Trinajstić information content (AvgIpc) is 2.80. The maximum atomic E-state index is 6.01. The van der Waals surface area contributed by atoms with Crippen LogP contribution >= 0.6 is 24.8 Å². The van der Waals surface area contributed by atoms with Crippen LogP contribution in [-0.2, 0) is 0 Å². The Labute approximate surface area is 98.4 Å². The average molecular weight is 239 g/mol. The zero-order chi connectivity index (χ0) is 8.13.